The molecule has 1 heterocycles. The average molecular weight is 287 g/mol. The monoisotopic (exact) mass is 287 g/mol. The first-order valence-electron chi connectivity index (χ1n) is 7.03. The molecule has 112 valence electrons. The molecule has 2 rings (SSSR count). The lowest BCUT2D eigenvalue weighted by molar-refractivity contribution is -0.132. The highest BCUT2D eigenvalue weighted by Crippen LogP contribution is 2.08. The van der Waals surface area contributed by atoms with E-state index in [9.17, 15) is 4.79 Å². The first kappa shape index (κ1) is 15.3. The normalized spacial score (nSPS) is 12.1. The molecule has 0 saturated carbocycles. The zero-order valence-corrected chi connectivity index (χ0v) is 12.5. The fraction of sp³-hybridized carbons (Fsp3) is 0.375. The van der Waals surface area contributed by atoms with Crippen molar-refractivity contribution < 1.29 is 9.32 Å². The Balaban J connectivity index is 1.83. The van der Waals surface area contributed by atoms with Crippen LogP contribution in [0.2, 0.25) is 0 Å². The highest BCUT2D eigenvalue weighted by Gasteiger charge is 2.19. The minimum Gasteiger partial charge on any atom is -0.361 e. The number of benzene rings is 1. The highest BCUT2D eigenvalue weighted by molar-refractivity contribution is 5.81. The molecule has 5 nitrogen and oxygen atoms in total. The molecule has 0 spiro atoms. The third-order valence-corrected chi connectivity index (χ3v) is 3.36. The fourth-order valence-electron chi connectivity index (χ4n) is 2.19. The minimum atomic E-state index is -0.497. The van der Waals surface area contributed by atoms with E-state index in [4.69, 9.17) is 10.3 Å². The Labute approximate surface area is 124 Å². The van der Waals surface area contributed by atoms with Crippen LogP contribution in [0.5, 0.6) is 0 Å². The van der Waals surface area contributed by atoms with Gasteiger partial charge in [0, 0.05) is 13.1 Å². The van der Waals surface area contributed by atoms with Crippen molar-refractivity contribution in [3.8, 4) is 0 Å². The number of amides is 1. The maximum absolute atomic E-state index is 12.2. The molecule has 1 amide bonds. The summed E-state index contributed by atoms with van der Waals surface area (Å²) in [5.74, 6) is 0.658. The molecule has 5 heteroatoms. The van der Waals surface area contributed by atoms with Gasteiger partial charge in [-0.25, -0.2) is 0 Å². The Morgan fingerprint density at radius 3 is 2.71 bits per heavy atom. The van der Waals surface area contributed by atoms with Crippen LogP contribution in [0.4, 0.5) is 0 Å². The summed E-state index contributed by atoms with van der Waals surface area (Å²) < 4.78 is 4.99. The van der Waals surface area contributed by atoms with Crippen molar-refractivity contribution in [2.75, 3.05) is 7.05 Å². The first-order valence-corrected chi connectivity index (χ1v) is 7.03. The van der Waals surface area contributed by atoms with Gasteiger partial charge < -0.3 is 15.2 Å². The number of hydrogen-bond acceptors (Lipinski definition) is 4. The lowest BCUT2D eigenvalue weighted by atomic mass is 10.1. The Morgan fingerprint density at radius 2 is 2.10 bits per heavy atom. The van der Waals surface area contributed by atoms with Crippen molar-refractivity contribution >= 4 is 5.91 Å². The van der Waals surface area contributed by atoms with E-state index >= 15 is 0 Å². The largest absolute Gasteiger partial charge is 0.361 e. The Hall–Kier alpha value is -2.14. The first-order chi connectivity index (χ1) is 10.1. The lowest BCUT2D eigenvalue weighted by Crippen LogP contribution is -2.41. The van der Waals surface area contributed by atoms with Crippen LogP contribution in [0.1, 0.15) is 23.4 Å². The van der Waals surface area contributed by atoms with Gasteiger partial charge in [0.2, 0.25) is 5.91 Å². The Morgan fingerprint density at radius 1 is 1.38 bits per heavy atom. The molecule has 21 heavy (non-hydrogen) atoms. The predicted molar refractivity (Wildman–Crippen MR) is 80.5 cm³/mol. The molecule has 0 aliphatic carbocycles. The minimum absolute atomic E-state index is 0.0772. The van der Waals surface area contributed by atoms with Gasteiger partial charge in [-0.1, -0.05) is 35.5 Å². The molecule has 0 aliphatic rings. The number of nitrogens with two attached hydrogens (primary N) is 1. The van der Waals surface area contributed by atoms with E-state index in [2.05, 4.69) is 5.16 Å². The third-order valence-electron chi connectivity index (χ3n) is 3.36. The van der Waals surface area contributed by atoms with E-state index < -0.39 is 6.04 Å². The summed E-state index contributed by atoms with van der Waals surface area (Å²) in [6.07, 6.45) is 1.43. The average Bonchev–Trinajstić information content (AvgIpc) is 2.90. The quantitative estimate of drug-likeness (QED) is 0.880. The van der Waals surface area contributed by atoms with Crippen LogP contribution in [-0.4, -0.2) is 29.1 Å². The molecule has 1 aromatic heterocycles. The summed E-state index contributed by atoms with van der Waals surface area (Å²) in [6.45, 7) is 2.24. The number of carbonyl (C=O) groups is 1. The van der Waals surface area contributed by atoms with Crippen molar-refractivity contribution in [3.05, 3.63) is 53.4 Å². The van der Waals surface area contributed by atoms with Gasteiger partial charge in [-0.2, -0.15) is 0 Å². The molecule has 1 atom stereocenters. The van der Waals surface area contributed by atoms with Gasteiger partial charge in [0.15, 0.2) is 0 Å². The van der Waals surface area contributed by atoms with Gasteiger partial charge in [-0.15, -0.1) is 0 Å². The predicted octanol–water partition coefficient (Wildman–Crippen LogP) is 1.90. The van der Waals surface area contributed by atoms with Crippen LogP contribution in [0.15, 0.2) is 40.9 Å². The Bertz CT molecular complexity index is 580. The van der Waals surface area contributed by atoms with E-state index in [1.165, 1.54) is 5.56 Å². The van der Waals surface area contributed by atoms with Gasteiger partial charge in [0.05, 0.1) is 12.6 Å². The molecular weight excluding hydrogens is 266 g/mol. The van der Waals surface area contributed by atoms with Crippen molar-refractivity contribution in [3.63, 3.8) is 0 Å². The summed E-state index contributed by atoms with van der Waals surface area (Å²) in [6, 6.07) is 11.4. The molecule has 0 bridgehead atoms. The number of hydrogen-bond donors (Lipinski definition) is 1. The van der Waals surface area contributed by atoms with Crippen LogP contribution in [-0.2, 0) is 17.8 Å². The molecule has 2 aromatic rings. The van der Waals surface area contributed by atoms with Gasteiger partial charge in [0.25, 0.3) is 0 Å². The number of nitrogens with zero attached hydrogens (tertiary/aromatic N) is 2. The second kappa shape index (κ2) is 7.04. The van der Waals surface area contributed by atoms with Crippen molar-refractivity contribution in [2.45, 2.75) is 32.4 Å². The van der Waals surface area contributed by atoms with Crippen LogP contribution < -0.4 is 5.73 Å². The van der Waals surface area contributed by atoms with E-state index in [1.807, 2.05) is 43.3 Å². The molecule has 0 aliphatic heterocycles. The number of likely N-dealkylation sites (N-methyl/N-ethyl adjacent to an activating group) is 1. The standard InChI is InChI=1S/C16H21N3O2/c1-12-10-14(18-21-12)11-19(2)16(20)15(17)9-8-13-6-4-3-5-7-13/h3-7,10,15H,8-9,11,17H2,1-2H3. The van der Waals surface area contributed by atoms with Crippen molar-refractivity contribution in [2.24, 2.45) is 5.73 Å². The summed E-state index contributed by atoms with van der Waals surface area (Å²) in [4.78, 5) is 13.8. The highest BCUT2D eigenvalue weighted by atomic mass is 16.5. The van der Waals surface area contributed by atoms with Gasteiger partial charge in [0.1, 0.15) is 11.5 Å². The second-order valence-corrected chi connectivity index (χ2v) is 5.25. The summed E-state index contributed by atoms with van der Waals surface area (Å²) >= 11 is 0. The third kappa shape index (κ3) is 4.43. The number of rotatable bonds is 6. The van der Waals surface area contributed by atoms with Crippen molar-refractivity contribution in [1.82, 2.24) is 10.1 Å². The zero-order valence-electron chi connectivity index (χ0n) is 12.5. The van der Waals surface area contributed by atoms with Crippen molar-refractivity contribution in [1.29, 1.82) is 0 Å². The molecule has 1 aromatic carbocycles. The number of carbonyl (C=O) groups excluding carboxylic acids is 1. The molecule has 0 saturated heterocycles. The smallest absolute Gasteiger partial charge is 0.239 e. The SMILES string of the molecule is Cc1cc(CN(C)C(=O)C(N)CCc2ccccc2)no1. The van der Waals surface area contributed by atoms with Gasteiger partial charge in [-0.05, 0) is 25.3 Å². The van der Waals surface area contributed by atoms with E-state index in [0.29, 0.717) is 13.0 Å². The van der Waals surface area contributed by atoms with E-state index in [1.54, 1.807) is 11.9 Å². The van der Waals surface area contributed by atoms with Gasteiger partial charge >= 0.3 is 0 Å². The molecule has 0 fully saturated rings. The van der Waals surface area contributed by atoms with E-state index in [0.717, 1.165) is 17.9 Å². The van der Waals surface area contributed by atoms with Crippen LogP contribution >= 0.6 is 0 Å². The fourth-order valence-corrected chi connectivity index (χ4v) is 2.19. The maximum Gasteiger partial charge on any atom is 0.239 e. The second-order valence-electron chi connectivity index (χ2n) is 5.25. The van der Waals surface area contributed by atoms with Crippen LogP contribution in [0.3, 0.4) is 0 Å². The lowest BCUT2D eigenvalue weighted by Gasteiger charge is -2.20. The van der Waals surface area contributed by atoms with Gasteiger partial charge in [-0.3, -0.25) is 4.79 Å². The maximum atomic E-state index is 12.2. The molecular formula is C16H21N3O2. The van der Waals surface area contributed by atoms with Crippen LogP contribution in [0, 0.1) is 6.92 Å². The number of aryl methyl sites for hydroxylation is 2. The molecule has 1 unspecified atom stereocenters. The summed E-state index contributed by atoms with van der Waals surface area (Å²) in [7, 11) is 1.73. The van der Waals surface area contributed by atoms with Crippen LogP contribution in [0.25, 0.3) is 0 Å². The topological polar surface area (TPSA) is 72.4 Å². The summed E-state index contributed by atoms with van der Waals surface area (Å²) in [5, 5.41) is 3.88. The Kier molecular flexibility index (Phi) is 5.11. The number of aromatic nitrogens is 1. The molecule has 0 radical (unpaired) electrons. The zero-order chi connectivity index (χ0) is 15.2. The molecule has 2 N–H and O–H groups in total. The summed E-state index contributed by atoms with van der Waals surface area (Å²) in [5.41, 5.74) is 7.91. The van der Waals surface area contributed by atoms with E-state index in [-0.39, 0.29) is 5.91 Å².